The smallest absolute Gasteiger partial charge is 0.303 e. The number of hydrogen-bond donors (Lipinski definition) is 1. The summed E-state index contributed by atoms with van der Waals surface area (Å²) in [6.45, 7) is 0. The number of rotatable bonds is 8. The Balaban J connectivity index is 1.76. The average Bonchev–Trinajstić information content (AvgIpc) is 3.31. The van der Waals surface area contributed by atoms with E-state index in [9.17, 15) is 9.59 Å². The Morgan fingerprint density at radius 3 is 2.43 bits per heavy atom. The van der Waals surface area contributed by atoms with Crippen LogP contribution in [0, 0.1) is 0 Å². The van der Waals surface area contributed by atoms with Crippen molar-refractivity contribution in [1.82, 2.24) is 9.99 Å². The van der Waals surface area contributed by atoms with E-state index < -0.39 is 17.9 Å². The molecule has 0 aliphatic carbocycles. The fourth-order valence-electron chi connectivity index (χ4n) is 4.01. The molecule has 1 aliphatic rings. The molecule has 0 unspecified atom stereocenters. The molecule has 1 atom stereocenters. The molecule has 0 spiro atoms. The van der Waals surface area contributed by atoms with E-state index in [1.54, 1.807) is 39.5 Å². The van der Waals surface area contributed by atoms with Gasteiger partial charge in [-0.1, -0.05) is 11.6 Å². The second-order valence-electron chi connectivity index (χ2n) is 7.89. The Labute approximate surface area is 206 Å². The van der Waals surface area contributed by atoms with Crippen LogP contribution < -0.4 is 14.2 Å². The summed E-state index contributed by atoms with van der Waals surface area (Å²) in [6, 6.07) is 12.1. The summed E-state index contributed by atoms with van der Waals surface area (Å²) in [6.07, 6.45) is -0.162. The first-order chi connectivity index (χ1) is 16.8. The lowest BCUT2D eigenvalue weighted by atomic mass is 9.97. The van der Waals surface area contributed by atoms with Crippen LogP contribution in [0.5, 0.6) is 17.2 Å². The first-order valence-electron chi connectivity index (χ1n) is 10.8. The van der Waals surface area contributed by atoms with Crippen LogP contribution in [0.3, 0.4) is 0 Å². The van der Waals surface area contributed by atoms with Crippen LogP contribution in [-0.4, -0.2) is 54.0 Å². The van der Waals surface area contributed by atoms with Crippen molar-refractivity contribution in [1.29, 1.82) is 0 Å². The molecular formula is C25H24ClN3O6. The summed E-state index contributed by atoms with van der Waals surface area (Å²) < 4.78 is 16.1. The number of aliphatic carboxylic acids is 1. The SMILES string of the molecule is COc1ccc(C2=NN(C(=O)CCC(=O)O)[C@@H](c3cc4ccc(OC)cc4nc3Cl)C2)c(OC)c1. The lowest BCUT2D eigenvalue weighted by Crippen LogP contribution is -2.27. The number of benzene rings is 2. The fourth-order valence-corrected chi connectivity index (χ4v) is 4.28. The van der Waals surface area contributed by atoms with E-state index >= 15 is 0 Å². The molecule has 10 heteroatoms. The van der Waals surface area contributed by atoms with Crippen molar-refractivity contribution in [2.24, 2.45) is 5.10 Å². The average molecular weight is 498 g/mol. The molecular weight excluding hydrogens is 474 g/mol. The maximum Gasteiger partial charge on any atom is 0.303 e. The number of nitrogens with zero attached hydrogens (tertiary/aromatic N) is 3. The molecule has 2 aromatic carbocycles. The number of methoxy groups -OCH3 is 3. The molecule has 1 N–H and O–H groups in total. The van der Waals surface area contributed by atoms with Crippen molar-refractivity contribution >= 4 is 40.1 Å². The number of hydrogen-bond acceptors (Lipinski definition) is 7. The Morgan fingerprint density at radius 2 is 1.74 bits per heavy atom. The molecule has 0 fully saturated rings. The normalized spacial score (nSPS) is 15.1. The fraction of sp³-hybridized carbons (Fsp3) is 0.280. The van der Waals surface area contributed by atoms with Crippen LogP contribution >= 0.6 is 11.6 Å². The van der Waals surface area contributed by atoms with Gasteiger partial charge in [-0.05, 0) is 30.3 Å². The van der Waals surface area contributed by atoms with E-state index in [-0.39, 0.29) is 18.0 Å². The number of amides is 1. The molecule has 3 aromatic rings. The molecule has 4 rings (SSSR count). The van der Waals surface area contributed by atoms with Gasteiger partial charge >= 0.3 is 5.97 Å². The molecule has 0 bridgehead atoms. The number of halogens is 1. The van der Waals surface area contributed by atoms with Crippen LogP contribution in [0.4, 0.5) is 0 Å². The molecule has 2 heterocycles. The van der Waals surface area contributed by atoms with Gasteiger partial charge in [-0.2, -0.15) is 5.10 Å². The van der Waals surface area contributed by atoms with E-state index in [1.165, 1.54) is 5.01 Å². The first kappa shape index (κ1) is 24.3. The van der Waals surface area contributed by atoms with Crippen molar-refractivity contribution in [3.8, 4) is 17.2 Å². The van der Waals surface area contributed by atoms with Crippen molar-refractivity contribution in [2.45, 2.75) is 25.3 Å². The number of carboxylic acid groups (broad SMARTS) is 1. The van der Waals surface area contributed by atoms with Gasteiger partial charge in [-0.3, -0.25) is 9.59 Å². The molecule has 9 nitrogen and oxygen atoms in total. The van der Waals surface area contributed by atoms with E-state index in [0.29, 0.717) is 46.0 Å². The molecule has 0 radical (unpaired) electrons. The van der Waals surface area contributed by atoms with Crippen molar-refractivity contribution in [3.63, 3.8) is 0 Å². The highest BCUT2D eigenvalue weighted by Gasteiger charge is 2.35. The maximum atomic E-state index is 13.0. The first-order valence-corrected chi connectivity index (χ1v) is 11.2. The Kier molecular flexibility index (Phi) is 7.07. The predicted octanol–water partition coefficient (Wildman–Crippen LogP) is 4.46. The molecule has 35 heavy (non-hydrogen) atoms. The Bertz CT molecular complexity index is 1330. The van der Waals surface area contributed by atoms with E-state index in [4.69, 9.17) is 30.9 Å². The summed E-state index contributed by atoms with van der Waals surface area (Å²) in [4.78, 5) is 28.6. The third-order valence-electron chi connectivity index (χ3n) is 5.80. The quantitative estimate of drug-likeness (QED) is 0.457. The molecule has 1 aromatic heterocycles. The van der Waals surface area contributed by atoms with Gasteiger partial charge in [0.05, 0.1) is 45.0 Å². The van der Waals surface area contributed by atoms with Crippen molar-refractivity contribution < 1.29 is 28.9 Å². The third kappa shape index (κ3) is 5.00. The van der Waals surface area contributed by atoms with E-state index in [2.05, 4.69) is 10.1 Å². The van der Waals surface area contributed by atoms with Gasteiger partial charge in [-0.15, -0.1) is 0 Å². The minimum Gasteiger partial charge on any atom is -0.497 e. The Morgan fingerprint density at radius 1 is 1.03 bits per heavy atom. The number of carbonyl (C=O) groups is 2. The van der Waals surface area contributed by atoms with Gasteiger partial charge in [0, 0.05) is 41.5 Å². The summed E-state index contributed by atoms with van der Waals surface area (Å²) >= 11 is 6.59. The summed E-state index contributed by atoms with van der Waals surface area (Å²) in [7, 11) is 4.67. The highest BCUT2D eigenvalue weighted by atomic mass is 35.5. The zero-order valence-electron chi connectivity index (χ0n) is 19.4. The van der Waals surface area contributed by atoms with Crippen LogP contribution in [-0.2, 0) is 9.59 Å². The Hall–Kier alpha value is -3.85. The van der Waals surface area contributed by atoms with Crippen LogP contribution in [0.25, 0.3) is 10.9 Å². The van der Waals surface area contributed by atoms with Gasteiger partial charge in [0.25, 0.3) is 0 Å². The number of carbonyl (C=O) groups excluding carboxylic acids is 1. The lowest BCUT2D eigenvalue weighted by Gasteiger charge is -2.23. The highest BCUT2D eigenvalue weighted by Crippen LogP contribution is 2.39. The van der Waals surface area contributed by atoms with Crippen LogP contribution in [0.15, 0.2) is 47.6 Å². The van der Waals surface area contributed by atoms with Gasteiger partial charge in [0.2, 0.25) is 5.91 Å². The van der Waals surface area contributed by atoms with Crippen molar-refractivity contribution in [3.05, 3.63) is 58.7 Å². The zero-order chi connectivity index (χ0) is 25.1. The van der Waals surface area contributed by atoms with Gasteiger partial charge in [0.15, 0.2) is 0 Å². The largest absolute Gasteiger partial charge is 0.497 e. The van der Waals surface area contributed by atoms with Gasteiger partial charge in [-0.25, -0.2) is 9.99 Å². The van der Waals surface area contributed by atoms with Crippen molar-refractivity contribution in [2.75, 3.05) is 21.3 Å². The summed E-state index contributed by atoms with van der Waals surface area (Å²) in [5, 5.41) is 16.0. The summed E-state index contributed by atoms with van der Waals surface area (Å²) in [5.41, 5.74) is 2.56. The second kappa shape index (κ2) is 10.2. The monoisotopic (exact) mass is 497 g/mol. The summed E-state index contributed by atoms with van der Waals surface area (Å²) in [5.74, 6) is 0.321. The van der Waals surface area contributed by atoms with Gasteiger partial charge < -0.3 is 19.3 Å². The minimum atomic E-state index is -1.06. The second-order valence-corrected chi connectivity index (χ2v) is 8.25. The number of ether oxygens (including phenoxy) is 3. The molecule has 1 amide bonds. The molecule has 1 aliphatic heterocycles. The van der Waals surface area contributed by atoms with Gasteiger partial charge in [0.1, 0.15) is 22.4 Å². The highest BCUT2D eigenvalue weighted by molar-refractivity contribution is 6.30. The van der Waals surface area contributed by atoms with E-state index in [0.717, 1.165) is 5.39 Å². The topological polar surface area (TPSA) is 111 Å². The predicted molar refractivity (Wildman–Crippen MR) is 130 cm³/mol. The number of aromatic nitrogens is 1. The lowest BCUT2D eigenvalue weighted by molar-refractivity contribution is -0.141. The standard InChI is InChI=1S/C25H24ClN3O6/c1-33-15-5-4-14-10-18(25(26)27-19(14)11-15)21-13-20(28-29(21)23(30)8-9-24(31)32)17-7-6-16(34-2)12-22(17)35-3/h4-7,10-12,21H,8-9,13H2,1-3H3,(H,31,32)/t21-/m1/s1. The molecule has 182 valence electrons. The number of pyridine rings is 1. The number of hydrazone groups is 1. The third-order valence-corrected chi connectivity index (χ3v) is 6.11. The zero-order valence-corrected chi connectivity index (χ0v) is 20.2. The van der Waals surface area contributed by atoms with Crippen LogP contribution in [0.2, 0.25) is 5.15 Å². The minimum absolute atomic E-state index is 0.196. The number of fused-ring (bicyclic) bond motifs is 1. The molecule has 0 saturated heterocycles. The van der Waals surface area contributed by atoms with Crippen LogP contribution in [0.1, 0.15) is 36.4 Å². The maximum absolute atomic E-state index is 13.0. The number of carboxylic acids is 1. The molecule has 0 saturated carbocycles. The van der Waals surface area contributed by atoms with E-state index in [1.807, 2.05) is 24.3 Å².